The van der Waals surface area contributed by atoms with Crippen LogP contribution in [0.5, 0.6) is 0 Å². The van der Waals surface area contributed by atoms with Gasteiger partial charge in [0.25, 0.3) is 0 Å². The number of nitrogens with zero attached hydrogens (tertiary/aromatic N) is 2. The molecular formula is C17H24N4O2S2. The first-order chi connectivity index (χ1) is 12.2. The Balaban J connectivity index is 1.44. The first-order valence-electron chi connectivity index (χ1n) is 8.64. The van der Waals surface area contributed by atoms with Crippen molar-refractivity contribution in [1.82, 2.24) is 20.7 Å². The Labute approximate surface area is 155 Å². The molecular weight excluding hydrogens is 356 g/mol. The van der Waals surface area contributed by atoms with Crippen molar-refractivity contribution in [2.24, 2.45) is 0 Å². The second kappa shape index (κ2) is 9.40. The lowest BCUT2D eigenvalue weighted by Crippen LogP contribution is -2.35. The Kier molecular flexibility index (Phi) is 6.94. The van der Waals surface area contributed by atoms with E-state index in [1.54, 1.807) is 16.8 Å². The van der Waals surface area contributed by atoms with Gasteiger partial charge >= 0.3 is 0 Å². The Morgan fingerprint density at radius 3 is 2.92 bits per heavy atom. The van der Waals surface area contributed by atoms with Crippen LogP contribution in [0.1, 0.15) is 29.1 Å². The van der Waals surface area contributed by atoms with Crippen molar-refractivity contribution in [1.29, 1.82) is 0 Å². The maximum absolute atomic E-state index is 11.2. The second-order valence-electron chi connectivity index (χ2n) is 6.18. The van der Waals surface area contributed by atoms with Crippen molar-refractivity contribution >= 4 is 28.6 Å². The van der Waals surface area contributed by atoms with Gasteiger partial charge in [0.1, 0.15) is 5.01 Å². The largest absolute Gasteiger partial charge is 0.309 e. The van der Waals surface area contributed by atoms with Crippen LogP contribution >= 0.6 is 22.7 Å². The molecule has 0 unspecified atom stereocenters. The van der Waals surface area contributed by atoms with Gasteiger partial charge in [0.2, 0.25) is 5.91 Å². The number of amides is 1. The fraction of sp³-hybridized carbons (Fsp3) is 0.529. The van der Waals surface area contributed by atoms with Crippen LogP contribution in [-0.2, 0) is 17.8 Å². The Morgan fingerprint density at radius 1 is 1.28 bits per heavy atom. The normalized spacial score (nSPS) is 15.4. The van der Waals surface area contributed by atoms with Gasteiger partial charge in [-0.2, -0.15) is 0 Å². The topological polar surface area (TPSA) is 77.5 Å². The highest BCUT2D eigenvalue weighted by Crippen LogP contribution is 2.29. The minimum absolute atomic E-state index is 0.191. The molecule has 2 aromatic heterocycles. The zero-order chi connectivity index (χ0) is 17.5. The zero-order valence-corrected chi connectivity index (χ0v) is 15.8. The molecule has 0 aliphatic carbocycles. The van der Waals surface area contributed by atoms with Crippen LogP contribution in [0, 0.1) is 0 Å². The molecule has 0 aromatic carbocycles. The van der Waals surface area contributed by atoms with Gasteiger partial charge in [0.05, 0.1) is 17.0 Å². The van der Waals surface area contributed by atoms with Crippen LogP contribution in [0.4, 0.5) is 0 Å². The first kappa shape index (κ1) is 18.5. The van der Waals surface area contributed by atoms with E-state index >= 15 is 0 Å². The zero-order valence-electron chi connectivity index (χ0n) is 14.2. The number of rotatable bonds is 8. The average Bonchev–Trinajstić information content (AvgIpc) is 3.29. The molecule has 0 bridgehead atoms. The van der Waals surface area contributed by atoms with Crippen LogP contribution in [0.25, 0.3) is 10.6 Å². The number of carbonyl (C=O) groups excluding carboxylic acids is 1. The summed E-state index contributed by atoms with van der Waals surface area (Å²) in [5.74, 6) is -0.398. The highest BCUT2D eigenvalue weighted by atomic mass is 32.1. The van der Waals surface area contributed by atoms with Crippen LogP contribution in [0.15, 0.2) is 17.5 Å². The van der Waals surface area contributed by atoms with E-state index in [2.05, 4.69) is 20.6 Å². The minimum atomic E-state index is -0.398. The van der Waals surface area contributed by atoms with Crippen LogP contribution in [-0.4, -0.2) is 47.2 Å². The number of piperidine rings is 1. The predicted octanol–water partition coefficient (Wildman–Crippen LogP) is 2.49. The van der Waals surface area contributed by atoms with Gasteiger partial charge in [-0.15, -0.1) is 22.7 Å². The first-order valence-corrected chi connectivity index (χ1v) is 10.3. The molecule has 0 atom stereocenters. The van der Waals surface area contributed by atoms with Gasteiger partial charge in [0.15, 0.2) is 0 Å². The van der Waals surface area contributed by atoms with Gasteiger partial charge in [-0.05, 0) is 38.1 Å². The molecule has 3 rings (SSSR count). The molecule has 2 aromatic rings. The molecule has 0 spiro atoms. The number of thiazole rings is 1. The SMILES string of the molecule is O=C(Cc1ccc(-c2csc(CNCCN3CCCCC3)n2)s1)NO. The van der Waals surface area contributed by atoms with E-state index in [1.807, 2.05) is 12.1 Å². The summed E-state index contributed by atoms with van der Waals surface area (Å²) in [4.78, 5) is 20.4. The molecule has 136 valence electrons. The van der Waals surface area contributed by atoms with Gasteiger partial charge in [-0.25, -0.2) is 10.5 Å². The summed E-state index contributed by atoms with van der Waals surface area (Å²) in [6.45, 7) is 5.37. The molecule has 1 aliphatic heterocycles. The van der Waals surface area contributed by atoms with E-state index in [0.29, 0.717) is 0 Å². The quantitative estimate of drug-likeness (QED) is 0.373. The summed E-state index contributed by atoms with van der Waals surface area (Å²) in [5, 5.41) is 15.2. The smallest absolute Gasteiger partial charge is 0.248 e. The maximum Gasteiger partial charge on any atom is 0.248 e. The van der Waals surface area contributed by atoms with Gasteiger partial charge in [-0.1, -0.05) is 6.42 Å². The molecule has 3 N–H and O–H groups in total. The van der Waals surface area contributed by atoms with Crippen molar-refractivity contribution in [3.63, 3.8) is 0 Å². The van der Waals surface area contributed by atoms with Crippen molar-refractivity contribution in [3.05, 3.63) is 27.4 Å². The van der Waals surface area contributed by atoms with Crippen molar-refractivity contribution in [2.45, 2.75) is 32.2 Å². The van der Waals surface area contributed by atoms with E-state index in [-0.39, 0.29) is 6.42 Å². The Morgan fingerprint density at radius 2 is 2.12 bits per heavy atom. The maximum atomic E-state index is 11.2. The van der Waals surface area contributed by atoms with Crippen LogP contribution in [0.2, 0.25) is 0 Å². The van der Waals surface area contributed by atoms with E-state index in [0.717, 1.165) is 40.1 Å². The third kappa shape index (κ3) is 5.58. The van der Waals surface area contributed by atoms with Gasteiger partial charge in [0, 0.05) is 29.9 Å². The fourth-order valence-electron chi connectivity index (χ4n) is 2.93. The average molecular weight is 381 g/mol. The summed E-state index contributed by atoms with van der Waals surface area (Å²) in [7, 11) is 0. The summed E-state index contributed by atoms with van der Waals surface area (Å²) in [6, 6.07) is 3.89. The van der Waals surface area contributed by atoms with Crippen molar-refractivity contribution in [2.75, 3.05) is 26.2 Å². The van der Waals surface area contributed by atoms with E-state index in [9.17, 15) is 4.79 Å². The van der Waals surface area contributed by atoms with Crippen LogP contribution in [0.3, 0.4) is 0 Å². The summed E-state index contributed by atoms with van der Waals surface area (Å²) < 4.78 is 0. The number of hydroxylamine groups is 1. The molecule has 3 heterocycles. The Hall–Kier alpha value is -1.32. The number of carbonyl (C=O) groups is 1. The Bertz CT molecular complexity index is 680. The lowest BCUT2D eigenvalue weighted by atomic mass is 10.1. The fourth-order valence-corrected chi connectivity index (χ4v) is 4.73. The van der Waals surface area contributed by atoms with E-state index < -0.39 is 5.91 Å². The summed E-state index contributed by atoms with van der Waals surface area (Å²) in [6.07, 6.45) is 4.23. The highest BCUT2D eigenvalue weighted by molar-refractivity contribution is 7.16. The van der Waals surface area contributed by atoms with Crippen LogP contribution < -0.4 is 10.8 Å². The number of aromatic nitrogens is 1. The highest BCUT2D eigenvalue weighted by Gasteiger charge is 2.11. The summed E-state index contributed by atoms with van der Waals surface area (Å²) in [5.41, 5.74) is 2.62. The second-order valence-corrected chi connectivity index (χ2v) is 8.29. The third-order valence-electron chi connectivity index (χ3n) is 4.26. The molecule has 0 radical (unpaired) electrons. The molecule has 1 saturated heterocycles. The number of hydrogen-bond acceptors (Lipinski definition) is 7. The molecule has 6 nitrogen and oxygen atoms in total. The molecule has 1 amide bonds. The van der Waals surface area contributed by atoms with Gasteiger partial charge < -0.3 is 10.2 Å². The number of nitrogens with one attached hydrogen (secondary N) is 2. The van der Waals surface area contributed by atoms with Gasteiger partial charge in [-0.3, -0.25) is 10.0 Å². The standard InChI is InChI=1S/C17H24N4O2S2/c22-16(20-23)10-13-4-5-15(25-13)14-12-24-17(19-14)11-18-6-9-21-7-2-1-3-8-21/h4-5,12,18,23H,1-3,6-11H2,(H,20,22). The lowest BCUT2D eigenvalue weighted by molar-refractivity contribution is -0.128. The molecule has 1 fully saturated rings. The number of hydrogen-bond donors (Lipinski definition) is 3. The molecule has 8 heteroatoms. The van der Waals surface area contributed by atoms with Crippen molar-refractivity contribution < 1.29 is 10.0 Å². The van der Waals surface area contributed by atoms with E-state index in [4.69, 9.17) is 5.21 Å². The number of likely N-dealkylation sites (tertiary alicyclic amines) is 1. The monoisotopic (exact) mass is 380 g/mol. The molecule has 0 saturated carbocycles. The summed E-state index contributed by atoms with van der Waals surface area (Å²) >= 11 is 3.19. The molecule has 1 aliphatic rings. The minimum Gasteiger partial charge on any atom is -0.309 e. The van der Waals surface area contributed by atoms with E-state index in [1.165, 1.54) is 43.7 Å². The molecule has 25 heavy (non-hydrogen) atoms. The predicted molar refractivity (Wildman–Crippen MR) is 101 cm³/mol. The third-order valence-corrected chi connectivity index (χ3v) is 6.21. The number of thiophene rings is 1. The van der Waals surface area contributed by atoms with Crippen molar-refractivity contribution in [3.8, 4) is 10.6 Å². The lowest BCUT2D eigenvalue weighted by Gasteiger charge is -2.26.